The molecule has 11 heteroatoms. The molecule has 0 unspecified atom stereocenters. The third-order valence-electron chi connectivity index (χ3n) is 7.43. The molecule has 224 valence electrons. The van der Waals surface area contributed by atoms with E-state index >= 15 is 0 Å². The first-order valence-corrected chi connectivity index (χ1v) is 14.1. The predicted molar refractivity (Wildman–Crippen MR) is 158 cm³/mol. The number of halogens is 1. The van der Waals surface area contributed by atoms with Gasteiger partial charge in [0.25, 0.3) is 0 Å². The molecule has 5 aromatic rings. The van der Waals surface area contributed by atoms with Crippen LogP contribution in [0, 0.1) is 5.82 Å². The highest BCUT2D eigenvalue weighted by atomic mass is 19.1. The normalized spacial score (nSPS) is 15.1. The van der Waals surface area contributed by atoms with Crippen LogP contribution in [0.3, 0.4) is 0 Å². The van der Waals surface area contributed by atoms with Gasteiger partial charge in [0.2, 0.25) is 5.89 Å². The molecule has 1 aliphatic rings. The van der Waals surface area contributed by atoms with E-state index < -0.39 is 6.10 Å². The number of nitrogens with zero attached hydrogens (tertiary/aromatic N) is 4. The zero-order valence-electron chi connectivity index (χ0n) is 24.0. The molecule has 0 saturated carbocycles. The molecule has 6 rings (SSSR count). The maximum Gasteiger partial charge on any atom is 0.227 e. The Kier molecular flexibility index (Phi) is 8.55. The van der Waals surface area contributed by atoms with E-state index in [1.54, 1.807) is 44.6 Å². The average Bonchev–Trinajstić information content (AvgIpc) is 3.67. The van der Waals surface area contributed by atoms with E-state index in [2.05, 4.69) is 19.9 Å². The maximum absolute atomic E-state index is 13.6. The van der Waals surface area contributed by atoms with Crippen LogP contribution in [0.2, 0.25) is 0 Å². The Morgan fingerprint density at radius 1 is 0.930 bits per heavy atom. The molecule has 10 nitrogen and oxygen atoms in total. The molecule has 1 aliphatic heterocycles. The summed E-state index contributed by atoms with van der Waals surface area (Å²) in [6.45, 7) is 4.62. The summed E-state index contributed by atoms with van der Waals surface area (Å²) in [5.74, 6) is 2.73. The van der Waals surface area contributed by atoms with Crippen molar-refractivity contribution >= 4 is 11.1 Å². The van der Waals surface area contributed by atoms with Gasteiger partial charge in [0.15, 0.2) is 11.3 Å². The van der Waals surface area contributed by atoms with Gasteiger partial charge in [-0.25, -0.2) is 9.37 Å². The van der Waals surface area contributed by atoms with E-state index in [0.717, 1.165) is 37.5 Å². The smallest absolute Gasteiger partial charge is 0.227 e. The average molecular weight is 589 g/mol. The summed E-state index contributed by atoms with van der Waals surface area (Å²) >= 11 is 0. The molecule has 3 aromatic carbocycles. The third-order valence-corrected chi connectivity index (χ3v) is 7.43. The fourth-order valence-corrected chi connectivity index (χ4v) is 5.16. The molecule has 0 aliphatic carbocycles. The standard InChI is InChI=1S/C32H33FN4O6/c1-39-24-6-8-27(31(17-24)40-2)28-16-26(43-35-28)19-37-12-10-36(11-13-37)18-23(38)20-41-25-7-9-30-29(15-25)34-32(42-30)21-4-3-5-22(33)14-21/h3-9,14-17,23,38H,10-13,18-20H2,1-2H3/t23-/m0/s1. The molecule has 0 spiro atoms. The SMILES string of the molecule is COc1ccc(-c2cc(CN3CCN(C[C@H](O)COc4ccc5oc(-c6cccc(F)c6)nc5c4)CC3)on2)c(OC)c1. The van der Waals surface area contributed by atoms with Crippen molar-refractivity contribution in [2.24, 2.45) is 0 Å². The number of aliphatic hydroxyl groups excluding tert-OH is 1. The van der Waals surface area contributed by atoms with Crippen LogP contribution in [0.25, 0.3) is 33.8 Å². The number of fused-ring (bicyclic) bond motifs is 1. The van der Waals surface area contributed by atoms with Crippen LogP contribution in [0.5, 0.6) is 17.2 Å². The first-order chi connectivity index (χ1) is 21.0. The number of piperazine rings is 1. The molecule has 3 heterocycles. The summed E-state index contributed by atoms with van der Waals surface area (Å²) in [7, 11) is 3.23. The van der Waals surface area contributed by atoms with Crippen LogP contribution in [-0.2, 0) is 6.54 Å². The maximum atomic E-state index is 13.6. The van der Waals surface area contributed by atoms with Gasteiger partial charge in [0, 0.05) is 62.0 Å². The van der Waals surface area contributed by atoms with Gasteiger partial charge < -0.3 is 28.3 Å². The third kappa shape index (κ3) is 6.80. The lowest BCUT2D eigenvalue weighted by Crippen LogP contribution is -2.48. The van der Waals surface area contributed by atoms with Crippen LogP contribution in [-0.4, -0.2) is 84.7 Å². The Morgan fingerprint density at radius 2 is 1.74 bits per heavy atom. The van der Waals surface area contributed by atoms with Crippen molar-refractivity contribution in [1.29, 1.82) is 0 Å². The van der Waals surface area contributed by atoms with Crippen molar-refractivity contribution in [2.45, 2.75) is 12.6 Å². The number of ether oxygens (including phenoxy) is 3. The molecule has 2 aromatic heterocycles. The summed E-state index contributed by atoms with van der Waals surface area (Å²) in [6, 6.07) is 18.9. The van der Waals surface area contributed by atoms with Gasteiger partial charge in [-0.3, -0.25) is 9.80 Å². The number of benzene rings is 3. The van der Waals surface area contributed by atoms with Gasteiger partial charge in [-0.1, -0.05) is 11.2 Å². The summed E-state index contributed by atoms with van der Waals surface area (Å²) in [5.41, 5.74) is 3.30. The minimum Gasteiger partial charge on any atom is -0.497 e. The lowest BCUT2D eigenvalue weighted by Gasteiger charge is -2.35. The van der Waals surface area contributed by atoms with Gasteiger partial charge in [-0.2, -0.15) is 0 Å². The van der Waals surface area contributed by atoms with Crippen LogP contribution in [0.15, 0.2) is 75.7 Å². The van der Waals surface area contributed by atoms with Crippen molar-refractivity contribution in [3.8, 4) is 40.0 Å². The molecule has 0 radical (unpaired) electrons. The first kappa shape index (κ1) is 28.7. The van der Waals surface area contributed by atoms with E-state index in [9.17, 15) is 9.50 Å². The number of β-amino-alcohol motifs (C(OH)–C–C–N with tert-alkyl or cyclic N) is 1. The zero-order chi connectivity index (χ0) is 29.8. The Hall–Kier alpha value is -4.45. The highest BCUT2D eigenvalue weighted by Gasteiger charge is 2.22. The van der Waals surface area contributed by atoms with Crippen LogP contribution >= 0.6 is 0 Å². The fraction of sp³-hybridized carbons (Fsp3) is 0.312. The quantitative estimate of drug-likeness (QED) is 0.230. The Morgan fingerprint density at radius 3 is 2.53 bits per heavy atom. The molecule has 0 amide bonds. The van der Waals surface area contributed by atoms with E-state index in [0.29, 0.717) is 58.6 Å². The van der Waals surface area contributed by atoms with Gasteiger partial charge in [0.1, 0.15) is 47.0 Å². The minimum absolute atomic E-state index is 0.149. The van der Waals surface area contributed by atoms with Crippen molar-refractivity contribution < 1.29 is 32.6 Å². The van der Waals surface area contributed by atoms with Gasteiger partial charge in [-0.05, 0) is 42.5 Å². The number of hydrogen-bond acceptors (Lipinski definition) is 10. The van der Waals surface area contributed by atoms with Crippen molar-refractivity contribution in [1.82, 2.24) is 19.9 Å². The van der Waals surface area contributed by atoms with Crippen LogP contribution < -0.4 is 14.2 Å². The number of methoxy groups -OCH3 is 2. The second kappa shape index (κ2) is 12.8. The molecule has 43 heavy (non-hydrogen) atoms. The lowest BCUT2D eigenvalue weighted by molar-refractivity contribution is 0.0430. The zero-order valence-corrected chi connectivity index (χ0v) is 24.0. The topological polar surface area (TPSA) is 106 Å². The predicted octanol–water partition coefficient (Wildman–Crippen LogP) is 4.86. The van der Waals surface area contributed by atoms with Gasteiger partial charge in [0.05, 0.1) is 20.8 Å². The molecule has 1 fully saturated rings. The second-order valence-corrected chi connectivity index (χ2v) is 10.4. The number of rotatable bonds is 11. The molecule has 0 bridgehead atoms. The fourth-order valence-electron chi connectivity index (χ4n) is 5.16. The Balaban J connectivity index is 0.966. The van der Waals surface area contributed by atoms with E-state index in [4.69, 9.17) is 23.2 Å². The largest absolute Gasteiger partial charge is 0.497 e. The minimum atomic E-state index is -0.654. The number of aromatic nitrogens is 2. The van der Waals surface area contributed by atoms with Gasteiger partial charge >= 0.3 is 0 Å². The highest BCUT2D eigenvalue weighted by molar-refractivity contribution is 5.77. The summed E-state index contributed by atoms with van der Waals surface area (Å²) < 4.78 is 41.6. The molecular formula is C32H33FN4O6. The van der Waals surface area contributed by atoms with E-state index in [-0.39, 0.29) is 12.4 Å². The van der Waals surface area contributed by atoms with Crippen LogP contribution in [0.4, 0.5) is 4.39 Å². The van der Waals surface area contributed by atoms with E-state index in [1.807, 2.05) is 24.3 Å². The Labute approximate surface area is 248 Å². The highest BCUT2D eigenvalue weighted by Crippen LogP contribution is 2.33. The lowest BCUT2D eigenvalue weighted by atomic mass is 10.1. The Bertz CT molecular complexity index is 1680. The number of oxazole rings is 1. The molecule has 1 atom stereocenters. The summed E-state index contributed by atoms with van der Waals surface area (Å²) in [4.78, 5) is 9.00. The van der Waals surface area contributed by atoms with Gasteiger partial charge in [-0.15, -0.1) is 0 Å². The molecule has 1 N–H and O–H groups in total. The number of hydrogen-bond donors (Lipinski definition) is 1. The summed E-state index contributed by atoms with van der Waals surface area (Å²) in [5, 5.41) is 14.9. The second-order valence-electron chi connectivity index (χ2n) is 10.4. The first-order valence-electron chi connectivity index (χ1n) is 14.1. The molecule has 1 saturated heterocycles. The van der Waals surface area contributed by atoms with E-state index in [1.165, 1.54) is 12.1 Å². The summed E-state index contributed by atoms with van der Waals surface area (Å²) in [6.07, 6.45) is -0.654. The van der Waals surface area contributed by atoms with Crippen molar-refractivity contribution in [2.75, 3.05) is 53.6 Å². The van der Waals surface area contributed by atoms with Crippen molar-refractivity contribution in [3.63, 3.8) is 0 Å². The molecular weight excluding hydrogens is 555 g/mol. The van der Waals surface area contributed by atoms with Crippen molar-refractivity contribution in [3.05, 3.63) is 78.3 Å². The monoisotopic (exact) mass is 588 g/mol. The van der Waals surface area contributed by atoms with Crippen LogP contribution in [0.1, 0.15) is 5.76 Å². The number of aliphatic hydroxyl groups is 1.